The molecule has 186 valence electrons. The second-order valence-corrected chi connectivity index (χ2v) is 10.3. The van der Waals surface area contributed by atoms with Crippen LogP contribution in [0.5, 0.6) is 0 Å². The summed E-state index contributed by atoms with van der Waals surface area (Å²) in [5.74, 6) is -1.77. The van der Waals surface area contributed by atoms with Crippen molar-refractivity contribution in [3.8, 4) is 0 Å². The van der Waals surface area contributed by atoms with Gasteiger partial charge in [-0.2, -0.15) is 0 Å². The number of anilines is 1. The molecule has 2 amide bonds. The fourth-order valence-corrected chi connectivity index (χ4v) is 4.37. The number of carbonyl (C=O) groups excluding carboxylic acids is 2. The lowest BCUT2D eigenvalue weighted by Gasteiger charge is -2.30. The maximum absolute atomic E-state index is 14.3. The summed E-state index contributed by atoms with van der Waals surface area (Å²) in [6.45, 7) is 5.03. The normalized spacial score (nSPS) is 12.3. The van der Waals surface area contributed by atoms with Crippen LogP contribution in [0.4, 0.5) is 14.5 Å². The third-order valence-corrected chi connectivity index (χ3v) is 6.36. The summed E-state index contributed by atoms with van der Waals surface area (Å²) in [6, 6.07) is 10.0. The van der Waals surface area contributed by atoms with E-state index >= 15 is 0 Å². The number of benzene rings is 2. The number of hydrogen-bond acceptors (Lipinski definition) is 4. The molecule has 2 aromatic carbocycles. The van der Waals surface area contributed by atoms with Crippen LogP contribution in [0.15, 0.2) is 48.5 Å². The molecule has 0 aliphatic rings. The van der Waals surface area contributed by atoms with Crippen LogP contribution in [0.2, 0.25) is 0 Å². The summed E-state index contributed by atoms with van der Waals surface area (Å²) in [6.07, 6.45) is 1.11. The highest BCUT2D eigenvalue weighted by molar-refractivity contribution is 7.92. The Bertz CT molecular complexity index is 1090. The van der Waals surface area contributed by atoms with Crippen molar-refractivity contribution in [1.82, 2.24) is 10.2 Å². The summed E-state index contributed by atoms with van der Waals surface area (Å²) in [4.78, 5) is 27.0. The van der Waals surface area contributed by atoms with Gasteiger partial charge in [-0.05, 0) is 57.5 Å². The molecule has 0 aromatic heterocycles. The highest BCUT2D eigenvalue weighted by Crippen LogP contribution is 2.20. The van der Waals surface area contributed by atoms with Gasteiger partial charge in [0.25, 0.3) is 0 Å². The summed E-state index contributed by atoms with van der Waals surface area (Å²) in [5, 5.41) is 2.75. The van der Waals surface area contributed by atoms with E-state index in [1.54, 1.807) is 32.9 Å². The minimum Gasteiger partial charge on any atom is -0.352 e. The van der Waals surface area contributed by atoms with Crippen LogP contribution in [0.25, 0.3) is 0 Å². The zero-order valence-corrected chi connectivity index (χ0v) is 20.6. The summed E-state index contributed by atoms with van der Waals surface area (Å²) < 4.78 is 53.1. The van der Waals surface area contributed by atoms with E-state index in [0.717, 1.165) is 22.7 Å². The Morgan fingerprint density at radius 2 is 1.62 bits per heavy atom. The minimum atomic E-state index is -3.67. The molecule has 7 nitrogen and oxygen atoms in total. The Kier molecular flexibility index (Phi) is 9.55. The van der Waals surface area contributed by atoms with E-state index < -0.39 is 33.6 Å². The lowest BCUT2D eigenvalue weighted by molar-refractivity contribution is -0.140. The average molecular weight is 496 g/mol. The third kappa shape index (κ3) is 7.79. The standard InChI is InChI=1S/C24H31F2N3O4S/c1-17(2)27-24(31)18(3)28(16-19-8-5-6-9-22(19)26)23(30)10-7-15-29(34(4,32)33)21-13-11-20(25)12-14-21/h5-6,8-9,11-14,17-18H,7,10,15-16H2,1-4H3,(H,27,31)/t18-/m0/s1. The largest absolute Gasteiger partial charge is 0.352 e. The van der Waals surface area contributed by atoms with Gasteiger partial charge in [-0.25, -0.2) is 17.2 Å². The molecule has 10 heteroatoms. The quantitative estimate of drug-likeness (QED) is 0.517. The number of nitrogens with one attached hydrogen (secondary N) is 1. The van der Waals surface area contributed by atoms with E-state index in [1.165, 1.54) is 29.2 Å². The molecule has 34 heavy (non-hydrogen) atoms. The predicted octanol–water partition coefficient (Wildman–Crippen LogP) is 3.45. The number of amides is 2. The van der Waals surface area contributed by atoms with Crippen LogP contribution < -0.4 is 9.62 Å². The van der Waals surface area contributed by atoms with Gasteiger partial charge in [0.2, 0.25) is 21.8 Å². The zero-order chi connectivity index (χ0) is 25.5. The molecule has 0 bridgehead atoms. The van der Waals surface area contributed by atoms with Crippen LogP contribution in [-0.4, -0.2) is 50.0 Å². The molecule has 2 rings (SSSR count). The van der Waals surface area contributed by atoms with E-state index in [9.17, 15) is 26.8 Å². The Hall–Kier alpha value is -3.01. The molecule has 0 saturated heterocycles. The molecule has 0 aliphatic carbocycles. The van der Waals surface area contributed by atoms with Gasteiger partial charge in [-0.15, -0.1) is 0 Å². The lowest BCUT2D eigenvalue weighted by atomic mass is 10.1. The average Bonchev–Trinajstić information content (AvgIpc) is 2.75. The number of nitrogens with zero attached hydrogens (tertiary/aromatic N) is 2. The molecule has 0 heterocycles. The van der Waals surface area contributed by atoms with Gasteiger partial charge in [0.1, 0.15) is 17.7 Å². The number of sulfonamides is 1. The Labute approximate surface area is 199 Å². The number of halogens is 2. The van der Waals surface area contributed by atoms with Crippen molar-refractivity contribution in [2.75, 3.05) is 17.1 Å². The minimum absolute atomic E-state index is 0.0175. The maximum Gasteiger partial charge on any atom is 0.242 e. The van der Waals surface area contributed by atoms with Crippen molar-refractivity contribution in [1.29, 1.82) is 0 Å². The first kappa shape index (κ1) is 27.2. The van der Waals surface area contributed by atoms with Gasteiger partial charge in [-0.3, -0.25) is 13.9 Å². The molecular weight excluding hydrogens is 464 g/mol. The van der Waals surface area contributed by atoms with E-state index in [1.807, 2.05) is 0 Å². The second kappa shape index (κ2) is 11.9. The second-order valence-electron chi connectivity index (χ2n) is 8.37. The first-order valence-corrected chi connectivity index (χ1v) is 12.8. The molecular formula is C24H31F2N3O4S. The van der Waals surface area contributed by atoms with Gasteiger partial charge >= 0.3 is 0 Å². The third-order valence-electron chi connectivity index (χ3n) is 5.16. The molecule has 1 N–H and O–H groups in total. The molecule has 0 saturated carbocycles. The number of carbonyl (C=O) groups is 2. The zero-order valence-electron chi connectivity index (χ0n) is 19.8. The molecule has 0 aliphatic heterocycles. The van der Waals surface area contributed by atoms with E-state index in [4.69, 9.17) is 0 Å². The smallest absolute Gasteiger partial charge is 0.242 e. The first-order chi connectivity index (χ1) is 15.9. The fraction of sp³-hybridized carbons (Fsp3) is 0.417. The summed E-state index contributed by atoms with van der Waals surface area (Å²) in [5.41, 5.74) is 0.549. The molecule has 0 unspecified atom stereocenters. The van der Waals surface area contributed by atoms with Crippen LogP contribution in [0, 0.1) is 11.6 Å². The summed E-state index contributed by atoms with van der Waals surface area (Å²) >= 11 is 0. The highest BCUT2D eigenvalue weighted by atomic mass is 32.2. The van der Waals surface area contributed by atoms with Crippen molar-refractivity contribution in [2.24, 2.45) is 0 Å². The fourth-order valence-electron chi connectivity index (χ4n) is 3.41. The molecule has 0 radical (unpaired) electrons. The van der Waals surface area contributed by atoms with Crippen LogP contribution in [0.3, 0.4) is 0 Å². The van der Waals surface area contributed by atoms with Gasteiger partial charge in [0, 0.05) is 31.1 Å². The van der Waals surface area contributed by atoms with Gasteiger partial charge < -0.3 is 10.2 Å². The van der Waals surface area contributed by atoms with Crippen molar-refractivity contribution >= 4 is 27.5 Å². The molecule has 0 spiro atoms. The number of hydrogen-bond donors (Lipinski definition) is 1. The van der Waals surface area contributed by atoms with E-state index in [-0.39, 0.29) is 49.1 Å². The summed E-state index contributed by atoms with van der Waals surface area (Å²) in [7, 11) is -3.67. The van der Waals surface area contributed by atoms with Crippen molar-refractivity contribution < 1.29 is 26.8 Å². The Morgan fingerprint density at radius 1 is 1.00 bits per heavy atom. The highest BCUT2D eigenvalue weighted by Gasteiger charge is 2.27. The first-order valence-electron chi connectivity index (χ1n) is 11.0. The molecule has 0 fully saturated rings. The SMILES string of the molecule is CC(C)NC(=O)[C@H](C)N(Cc1ccccc1F)C(=O)CCCN(c1ccc(F)cc1)S(C)(=O)=O. The van der Waals surface area contributed by atoms with Crippen LogP contribution in [0.1, 0.15) is 39.2 Å². The van der Waals surface area contributed by atoms with Crippen molar-refractivity contribution in [2.45, 2.75) is 52.2 Å². The van der Waals surface area contributed by atoms with E-state index in [2.05, 4.69) is 5.32 Å². The lowest BCUT2D eigenvalue weighted by Crippen LogP contribution is -2.49. The topological polar surface area (TPSA) is 86.8 Å². The van der Waals surface area contributed by atoms with Crippen molar-refractivity contribution in [3.05, 3.63) is 65.7 Å². The molecule has 1 atom stereocenters. The maximum atomic E-state index is 14.3. The Balaban J connectivity index is 2.17. The molecule has 2 aromatic rings. The van der Waals surface area contributed by atoms with Crippen LogP contribution >= 0.6 is 0 Å². The Morgan fingerprint density at radius 3 is 2.18 bits per heavy atom. The predicted molar refractivity (Wildman–Crippen MR) is 128 cm³/mol. The van der Waals surface area contributed by atoms with Crippen molar-refractivity contribution in [3.63, 3.8) is 0 Å². The van der Waals surface area contributed by atoms with E-state index in [0.29, 0.717) is 0 Å². The van der Waals surface area contributed by atoms with Gasteiger partial charge in [0.15, 0.2) is 0 Å². The van der Waals surface area contributed by atoms with Gasteiger partial charge in [0.05, 0.1) is 11.9 Å². The van der Waals surface area contributed by atoms with Crippen LogP contribution in [-0.2, 0) is 26.2 Å². The van der Waals surface area contributed by atoms with Gasteiger partial charge in [-0.1, -0.05) is 18.2 Å². The number of rotatable bonds is 11. The monoisotopic (exact) mass is 495 g/mol.